The van der Waals surface area contributed by atoms with Gasteiger partial charge in [-0.3, -0.25) is 0 Å². The number of para-hydroxylation sites is 1. The van der Waals surface area contributed by atoms with Crippen LogP contribution in [0.25, 0.3) is 5.69 Å². The van der Waals surface area contributed by atoms with Gasteiger partial charge in [0.1, 0.15) is 5.56 Å². The summed E-state index contributed by atoms with van der Waals surface area (Å²) < 4.78 is 12.2. The Morgan fingerprint density at radius 2 is 1.92 bits per heavy atom. The van der Waals surface area contributed by atoms with E-state index >= 15 is 0 Å². The molecule has 3 aromatic rings. The van der Waals surface area contributed by atoms with Gasteiger partial charge < -0.3 is 9.26 Å². The van der Waals surface area contributed by atoms with E-state index < -0.39 is 12.1 Å². The molecule has 0 aliphatic heterocycles. The van der Waals surface area contributed by atoms with Gasteiger partial charge in [0.05, 0.1) is 17.1 Å². The van der Waals surface area contributed by atoms with Gasteiger partial charge in [0, 0.05) is 0 Å². The maximum atomic E-state index is 12.6. The molecule has 0 N–H and O–H groups in total. The monoisotopic (exact) mass is 326 g/mol. The quantitative estimate of drug-likeness (QED) is 0.685. The second-order valence-electron chi connectivity index (χ2n) is 5.52. The second-order valence-corrected chi connectivity index (χ2v) is 5.52. The van der Waals surface area contributed by atoms with Crippen LogP contribution in [0, 0.1) is 20.8 Å². The molecule has 124 valence electrons. The van der Waals surface area contributed by atoms with E-state index in [0.29, 0.717) is 17.1 Å². The minimum atomic E-state index is -0.627. The number of aryl methyl sites for hydroxylation is 2. The zero-order valence-electron chi connectivity index (χ0n) is 14.0. The summed E-state index contributed by atoms with van der Waals surface area (Å²) in [5, 5.41) is 8.15. The van der Waals surface area contributed by atoms with Gasteiger partial charge in [-0.15, -0.1) is 0 Å². The Morgan fingerprint density at radius 1 is 1.21 bits per heavy atom. The number of carbonyl (C=O) groups excluding carboxylic acids is 1. The molecule has 1 aromatic carbocycles. The average molecular weight is 326 g/mol. The first-order chi connectivity index (χ1) is 11.5. The zero-order valence-corrected chi connectivity index (χ0v) is 14.0. The van der Waals surface area contributed by atoms with E-state index in [1.807, 2.05) is 37.3 Å². The normalized spacial score (nSPS) is 12.2. The Kier molecular flexibility index (Phi) is 4.16. The molecular weight excluding hydrogens is 308 g/mol. The predicted octanol–water partition coefficient (Wildman–Crippen LogP) is 3.10. The van der Waals surface area contributed by atoms with Crippen LogP contribution in [-0.4, -0.2) is 25.9 Å². The van der Waals surface area contributed by atoms with E-state index in [1.165, 1.54) is 0 Å². The van der Waals surface area contributed by atoms with Gasteiger partial charge >= 0.3 is 5.97 Å². The van der Waals surface area contributed by atoms with Crippen molar-refractivity contribution in [3.05, 3.63) is 59.0 Å². The van der Waals surface area contributed by atoms with Crippen LogP contribution < -0.4 is 0 Å². The maximum absolute atomic E-state index is 12.6. The Balaban J connectivity index is 1.87. The number of benzene rings is 1. The minimum absolute atomic E-state index is 0.270. The van der Waals surface area contributed by atoms with Crippen molar-refractivity contribution in [3.8, 4) is 5.69 Å². The lowest BCUT2D eigenvalue weighted by Crippen LogP contribution is -2.11. The maximum Gasteiger partial charge on any atom is 0.342 e. The van der Waals surface area contributed by atoms with Gasteiger partial charge in [0.25, 0.3) is 5.89 Å². The third kappa shape index (κ3) is 2.92. The Hall–Kier alpha value is -2.96. The average Bonchev–Trinajstić information content (AvgIpc) is 3.11. The predicted molar refractivity (Wildman–Crippen MR) is 85.9 cm³/mol. The number of hydrogen-bond donors (Lipinski definition) is 0. The lowest BCUT2D eigenvalue weighted by atomic mass is 10.2. The van der Waals surface area contributed by atoms with Gasteiger partial charge in [-0.1, -0.05) is 23.4 Å². The van der Waals surface area contributed by atoms with E-state index in [4.69, 9.17) is 9.26 Å². The molecule has 24 heavy (non-hydrogen) atoms. The topological polar surface area (TPSA) is 83.0 Å². The molecule has 0 amide bonds. The summed E-state index contributed by atoms with van der Waals surface area (Å²) in [6, 6.07) is 9.63. The molecule has 0 bridgehead atoms. The molecule has 2 heterocycles. The van der Waals surface area contributed by atoms with Crippen LogP contribution in [0.15, 0.2) is 34.9 Å². The summed E-state index contributed by atoms with van der Waals surface area (Å²) in [5.41, 5.74) is 2.66. The van der Waals surface area contributed by atoms with Crippen molar-refractivity contribution in [2.24, 2.45) is 0 Å². The first kappa shape index (κ1) is 15.9. The number of esters is 1. The van der Waals surface area contributed by atoms with Crippen molar-refractivity contribution in [3.63, 3.8) is 0 Å². The van der Waals surface area contributed by atoms with Crippen LogP contribution in [0.2, 0.25) is 0 Å². The molecule has 0 saturated heterocycles. The van der Waals surface area contributed by atoms with E-state index in [0.717, 1.165) is 11.4 Å². The number of ether oxygens (including phenoxy) is 1. The van der Waals surface area contributed by atoms with Crippen molar-refractivity contribution in [2.75, 3.05) is 0 Å². The van der Waals surface area contributed by atoms with Gasteiger partial charge in [0.2, 0.25) is 0 Å². The van der Waals surface area contributed by atoms with E-state index in [1.54, 1.807) is 25.5 Å². The Morgan fingerprint density at radius 3 is 2.54 bits per heavy atom. The fourth-order valence-electron chi connectivity index (χ4n) is 2.51. The zero-order chi connectivity index (χ0) is 17.3. The molecule has 0 saturated carbocycles. The Labute approximate surface area is 139 Å². The van der Waals surface area contributed by atoms with Gasteiger partial charge in [0.15, 0.2) is 11.9 Å². The summed E-state index contributed by atoms with van der Waals surface area (Å²) >= 11 is 0. The summed E-state index contributed by atoms with van der Waals surface area (Å²) in [5.74, 6) is 0.305. The summed E-state index contributed by atoms with van der Waals surface area (Å²) in [6.45, 7) is 7.02. The van der Waals surface area contributed by atoms with Crippen molar-refractivity contribution in [2.45, 2.75) is 33.8 Å². The van der Waals surface area contributed by atoms with Crippen LogP contribution >= 0.6 is 0 Å². The van der Waals surface area contributed by atoms with Crippen molar-refractivity contribution in [1.82, 2.24) is 19.9 Å². The molecule has 0 aliphatic rings. The lowest BCUT2D eigenvalue weighted by molar-refractivity contribution is 0.0263. The third-order valence-electron chi connectivity index (χ3n) is 3.67. The number of aromatic nitrogens is 4. The lowest BCUT2D eigenvalue weighted by Gasteiger charge is -2.09. The van der Waals surface area contributed by atoms with E-state index in [2.05, 4.69) is 15.2 Å². The van der Waals surface area contributed by atoms with Crippen molar-refractivity contribution in [1.29, 1.82) is 0 Å². The fraction of sp³-hybridized carbons (Fsp3) is 0.294. The molecule has 0 fully saturated rings. The highest BCUT2D eigenvalue weighted by Crippen LogP contribution is 2.22. The molecule has 0 radical (unpaired) electrons. The van der Waals surface area contributed by atoms with Gasteiger partial charge in [-0.2, -0.15) is 10.1 Å². The number of rotatable bonds is 4. The molecule has 7 heteroatoms. The van der Waals surface area contributed by atoms with Crippen LogP contribution in [0.3, 0.4) is 0 Å². The van der Waals surface area contributed by atoms with Crippen LogP contribution in [0.1, 0.15) is 46.5 Å². The fourth-order valence-corrected chi connectivity index (χ4v) is 2.51. The van der Waals surface area contributed by atoms with E-state index in [9.17, 15) is 4.79 Å². The van der Waals surface area contributed by atoms with Crippen molar-refractivity contribution < 1.29 is 14.1 Å². The molecular formula is C17H18N4O3. The molecule has 2 aromatic heterocycles. The third-order valence-corrected chi connectivity index (χ3v) is 3.67. The summed E-state index contributed by atoms with van der Waals surface area (Å²) in [4.78, 5) is 16.6. The van der Waals surface area contributed by atoms with Crippen LogP contribution in [0.4, 0.5) is 0 Å². The molecule has 7 nitrogen and oxygen atoms in total. The molecule has 0 spiro atoms. The summed E-state index contributed by atoms with van der Waals surface area (Å²) in [6.07, 6.45) is -0.627. The van der Waals surface area contributed by atoms with Crippen LogP contribution in [0.5, 0.6) is 0 Å². The second kappa shape index (κ2) is 6.27. The minimum Gasteiger partial charge on any atom is -0.449 e. The number of hydrogen-bond acceptors (Lipinski definition) is 6. The highest BCUT2D eigenvalue weighted by molar-refractivity contribution is 5.92. The SMILES string of the molecule is Cc1noc(C(C)OC(=O)c2c(C)nn(-c3ccccc3)c2C)n1. The highest BCUT2D eigenvalue weighted by atomic mass is 16.6. The van der Waals surface area contributed by atoms with Crippen LogP contribution in [-0.2, 0) is 4.74 Å². The number of nitrogens with zero attached hydrogens (tertiary/aromatic N) is 4. The summed E-state index contributed by atoms with van der Waals surface area (Å²) in [7, 11) is 0. The first-order valence-electron chi connectivity index (χ1n) is 7.60. The smallest absolute Gasteiger partial charge is 0.342 e. The largest absolute Gasteiger partial charge is 0.449 e. The van der Waals surface area contributed by atoms with Gasteiger partial charge in [-0.05, 0) is 39.8 Å². The van der Waals surface area contributed by atoms with Gasteiger partial charge in [-0.25, -0.2) is 9.48 Å². The first-order valence-corrected chi connectivity index (χ1v) is 7.60. The molecule has 1 unspecified atom stereocenters. The number of carbonyl (C=O) groups is 1. The Bertz CT molecular complexity index is 867. The molecule has 0 aliphatic carbocycles. The molecule has 3 rings (SSSR count). The highest BCUT2D eigenvalue weighted by Gasteiger charge is 2.24. The molecule has 1 atom stereocenters. The van der Waals surface area contributed by atoms with Crippen molar-refractivity contribution >= 4 is 5.97 Å². The standard InChI is InChI=1S/C17H18N4O3/c1-10-15(11(2)21(19-10)14-8-6-5-7-9-14)17(22)23-12(3)16-18-13(4)20-24-16/h5-9,12H,1-4H3. The van der Waals surface area contributed by atoms with E-state index in [-0.39, 0.29) is 5.89 Å².